The normalized spacial score (nSPS) is 13.7. The van der Waals surface area contributed by atoms with Crippen LogP contribution in [0.5, 0.6) is 5.75 Å². The summed E-state index contributed by atoms with van der Waals surface area (Å²) in [5.74, 6) is -3.54. The molecule has 14 nitrogen and oxygen atoms in total. The zero-order chi connectivity index (χ0) is 32.2. The fraction of sp³-hybridized carbons (Fsp3) is 0.345. The lowest BCUT2D eigenvalue weighted by Crippen LogP contribution is -2.58. The number of nitrogens with zero attached hydrogens (tertiary/aromatic N) is 1. The number of phenols is 1. The summed E-state index contributed by atoms with van der Waals surface area (Å²) < 4.78 is 0. The summed E-state index contributed by atoms with van der Waals surface area (Å²) in [5.41, 5.74) is 19.2. The third-order valence-electron chi connectivity index (χ3n) is 6.84. The molecule has 0 fully saturated rings. The second kappa shape index (κ2) is 16.2. The number of benzene rings is 2. The Bertz CT molecular complexity index is 1470. The number of guanidine groups is 1. The summed E-state index contributed by atoms with van der Waals surface area (Å²) in [6.45, 7) is 0.184. The van der Waals surface area contributed by atoms with E-state index in [2.05, 4.69) is 38.6 Å². The van der Waals surface area contributed by atoms with E-state index in [9.17, 15) is 29.4 Å². The van der Waals surface area contributed by atoms with Gasteiger partial charge in [0.1, 0.15) is 23.9 Å². The molecular weight excluding hydrogens is 588 g/mol. The molecule has 3 amide bonds. The number of hydrogen-bond acceptors (Lipinski definition) is 8. The van der Waals surface area contributed by atoms with Gasteiger partial charge in [-0.3, -0.25) is 19.4 Å². The Labute approximate surface area is 259 Å². The van der Waals surface area contributed by atoms with Crippen molar-refractivity contribution < 1.29 is 29.4 Å². The van der Waals surface area contributed by atoms with Crippen molar-refractivity contribution in [2.24, 2.45) is 22.2 Å². The van der Waals surface area contributed by atoms with Gasteiger partial charge in [-0.2, -0.15) is 12.6 Å². The average Bonchev–Trinajstić information content (AvgIpc) is 3.40. The highest BCUT2D eigenvalue weighted by Crippen LogP contribution is 2.19. The van der Waals surface area contributed by atoms with Gasteiger partial charge in [-0.15, -0.1) is 0 Å². The van der Waals surface area contributed by atoms with Gasteiger partial charge in [0, 0.05) is 35.8 Å². The molecular formula is C29H38N8O6S. The number of fused-ring (bicyclic) bond motifs is 1. The quantitative estimate of drug-likeness (QED) is 0.0425. The number of carbonyl (C=O) groups is 4. The number of H-pyrrole nitrogens is 1. The lowest BCUT2D eigenvalue weighted by molar-refractivity contribution is -0.141. The van der Waals surface area contributed by atoms with E-state index in [4.69, 9.17) is 17.2 Å². The number of nitrogens with two attached hydrogens (primary N) is 3. The van der Waals surface area contributed by atoms with E-state index < -0.39 is 47.9 Å². The molecule has 1 heterocycles. The van der Waals surface area contributed by atoms with Gasteiger partial charge in [0.2, 0.25) is 17.7 Å². The number of nitrogens with one attached hydrogen (secondary N) is 4. The van der Waals surface area contributed by atoms with E-state index in [0.29, 0.717) is 17.5 Å². The van der Waals surface area contributed by atoms with Crippen molar-refractivity contribution in [2.45, 2.75) is 49.9 Å². The molecule has 0 radical (unpaired) electrons. The number of aromatic hydroxyl groups is 1. The van der Waals surface area contributed by atoms with E-state index in [0.717, 1.165) is 10.9 Å². The van der Waals surface area contributed by atoms with E-state index in [1.54, 1.807) is 18.3 Å². The molecule has 0 aliphatic rings. The summed E-state index contributed by atoms with van der Waals surface area (Å²) in [5, 5.41) is 27.5. The SMILES string of the molecule is NC(N)=NCCCC(NC(=O)C(N)Cc1ccc(O)cc1)C(=O)NC(Cc1c[nH]c2ccccc12)C(=O)NC(CS)C(=O)O. The Morgan fingerprint density at radius 1 is 0.886 bits per heavy atom. The molecule has 2 aromatic carbocycles. The first kappa shape index (κ1) is 33.7. The Morgan fingerprint density at radius 2 is 1.52 bits per heavy atom. The average molecular weight is 627 g/mol. The van der Waals surface area contributed by atoms with E-state index in [1.165, 1.54) is 12.1 Å². The van der Waals surface area contributed by atoms with Crippen LogP contribution in [0, 0.1) is 0 Å². The minimum Gasteiger partial charge on any atom is -0.508 e. The predicted molar refractivity (Wildman–Crippen MR) is 169 cm³/mol. The van der Waals surface area contributed by atoms with E-state index in [-0.39, 0.29) is 43.3 Å². The number of para-hydroxylation sites is 1. The van der Waals surface area contributed by atoms with Crippen molar-refractivity contribution in [1.29, 1.82) is 0 Å². The monoisotopic (exact) mass is 626 g/mol. The van der Waals surface area contributed by atoms with Gasteiger partial charge in [0.15, 0.2) is 5.96 Å². The lowest BCUT2D eigenvalue weighted by atomic mass is 10.0. The molecule has 4 atom stereocenters. The standard InChI is InChI=1S/C29H38N8O6S/c30-20(12-16-7-9-18(38)10-8-16)25(39)35-22(6-3-11-33-29(31)32)26(40)36-23(27(41)37-24(15-44)28(42)43)13-17-14-34-21-5-2-1-4-19(17)21/h1-2,4-5,7-10,14,20,22-24,34,38,44H,3,6,11-13,15,30H2,(H,35,39)(H,36,40)(H,37,41)(H,42,43)(H4,31,32,33). The fourth-order valence-corrected chi connectivity index (χ4v) is 4.74. The molecule has 0 aliphatic carbocycles. The maximum Gasteiger partial charge on any atom is 0.327 e. The van der Waals surface area contributed by atoms with E-state index in [1.807, 2.05) is 24.3 Å². The number of carbonyl (C=O) groups excluding carboxylic acids is 3. The zero-order valence-corrected chi connectivity index (χ0v) is 24.8. The van der Waals surface area contributed by atoms with Crippen LogP contribution < -0.4 is 33.2 Å². The Morgan fingerprint density at radius 3 is 2.18 bits per heavy atom. The first-order valence-corrected chi connectivity index (χ1v) is 14.5. The molecule has 4 unspecified atom stereocenters. The lowest BCUT2D eigenvalue weighted by Gasteiger charge is -2.25. The summed E-state index contributed by atoms with van der Waals surface area (Å²) in [4.78, 5) is 58.6. The van der Waals surface area contributed by atoms with Gasteiger partial charge in [-0.05, 0) is 48.6 Å². The van der Waals surface area contributed by atoms with Crippen LogP contribution in [0.2, 0.25) is 0 Å². The highest BCUT2D eigenvalue weighted by Gasteiger charge is 2.30. The van der Waals surface area contributed by atoms with Crippen LogP contribution in [0.1, 0.15) is 24.0 Å². The molecule has 44 heavy (non-hydrogen) atoms. The molecule has 0 spiro atoms. The van der Waals surface area contributed by atoms with Crippen LogP contribution in [0.15, 0.2) is 59.7 Å². The largest absolute Gasteiger partial charge is 0.508 e. The van der Waals surface area contributed by atoms with Crippen molar-refractivity contribution in [3.63, 3.8) is 0 Å². The Balaban J connectivity index is 1.82. The molecule has 0 saturated carbocycles. The van der Waals surface area contributed by atoms with Gasteiger partial charge in [0.25, 0.3) is 0 Å². The number of hydrogen-bond donors (Lipinski definition) is 10. The summed E-state index contributed by atoms with van der Waals surface area (Å²) in [6, 6.07) is 8.96. The highest BCUT2D eigenvalue weighted by atomic mass is 32.1. The van der Waals surface area contributed by atoms with E-state index >= 15 is 0 Å². The second-order valence-electron chi connectivity index (χ2n) is 10.2. The van der Waals surface area contributed by atoms with Crippen LogP contribution in [0.25, 0.3) is 10.9 Å². The third kappa shape index (κ3) is 9.91. The van der Waals surface area contributed by atoms with Crippen molar-refractivity contribution in [2.75, 3.05) is 12.3 Å². The number of rotatable bonds is 16. The molecule has 3 aromatic rings. The minimum absolute atomic E-state index is 0.0233. The molecule has 0 bridgehead atoms. The van der Waals surface area contributed by atoms with Gasteiger partial charge in [0.05, 0.1) is 6.04 Å². The van der Waals surface area contributed by atoms with Crippen LogP contribution in [0.4, 0.5) is 0 Å². The molecule has 3 rings (SSSR count). The van der Waals surface area contributed by atoms with Gasteiger partial charge in [-0.1, -0.05) is 30.3 Å². The summed E-state index contributed by atoms with van der Waals surface area (Å²) >= 11 is 4.01. The van der Waals surface area contributed by atoms with Crippen molar-refractivity contribution in [3.05, 3.63) is 65.9 Å². The Hall–Kier alpha value is -4.76. The molecule has 0 aliphatic heterocycles. The number of carboxylic acid groups (broad SMARTS) is 1. The molecule has 236 valence electrons. The van der Waals surface area contributed by atoms with Crippen molar-refractivity contribution in [1.82, 2.24) is 20.9 Å². The first-order chi connectivity index (χ1) is 21.0. The predicted octanol–water partition coefficient (Wildman–Crippen LogP) is -0.492. The zero-order valence-electron chi connectivity index (χ0n) is 23.9. The van der Waals surface area contributed by atoms with Gasteiger partial charge >= 0.3 is 5.97 Å². The number of carboxylic acids is 1. The number of aromatic amines is 1. The molecule has 0 saturated heterocycles. The molecule has 15 heteroatoms. The second-order valence-corrected chi connectivity index (χ2v) is 10.6. The topological polar surface area (TPSA) is 251 Å². The highest BCUT2D eigenvalue weighted by molar-refractivity contribution is 7.80. The van der Waals surface area contributed by atoms with Crippen LogP contribution in [-0.2, 0) is 32.0 Å². The van der Waals surface area contributed by atoms with Gasteiger partial charge < -0.3 is 48.3 Å². The number of aromatic nitrogens is 1. The molecule has 12 N–H and O–H groups in total. The summed E-state index contributed by atoms with van der Waals surface area (Å²) in [6.07, 6.45) is 2.29. The van der Waals surface area contributed by atoms with Crippen LogP contribution >= 0.6 is 12.6 Å². The number of amides is 3. The Kier molecular flexibility index (Phi) is 12.4. The van der Waals surface area contributed by atoms with Crippen molar-refractivity contribution in [3.8, 4) is 5.75 Å². The number of aliphatic carboxylic acids is 1. The maximum atomic E-state index is 13.6. The van der Waals surface area contributed by atoms with Gasteiger partial charge in [-0.25, -0.2) is 4.79 Å². The number of thiol groups is 1. The molecule has 1 aromatic heterocycles. The smallest absolute Gasteiger partial charge is 0.327 e. The third-order valence-corrected chi connectivity index (χ3v) is 7.20. The number of aliphatic imine (C=N–C) groups is 1. The summed E-state index contributed by atoms with van der Waals surface area (Å²) in [7, 11) is 0. The number of phenolic OH excluding ortho intramolecular Hbond substituents is 1. The maximum absolute atomic E-state index is 13.6. The van der Waals surface area contributed by atoms with Crippen LogP contribution in [-0.4, -0.2) is 81.3 Å². The van der Waals surface area contributed by atoms with Crippen molar-refractivity contribution >= 4 is 53.2 Å². The fourth-order valence-electron chi connectivity index (χ4n) is 4.49. The first-order valence-electron chi connectivity index (χ1n) is 13.9. The van der Waals surface area contributed by atoms with Crippen LogP contribution in [0.3, 0.4) is 0 Å². The minimum atomic E-state index is -1.29.